The van der Waals surface area contributed by atoms with E-state index in [0.717, 1.165) is 16.9 Å². The second-order valence-corrected chi connectivity index (χ2v) is 5.48. The molecule has 0 saturated carbocycles. The zero-order valence-corrected chi connectivity index (χ0v) is 14.0. The molecule has 1 atom stereocenters. The largest absolute Gasteiger partial charge is 0.497 e. The smallest absolute Gasteiger partial charge is 0.224 e. The standard InChI is InChI=1S/C18H20ClNO3/c1-22-15-8-5-7-14(10-15)17(23-2)12-20-18(21)11-13-6-3-4-9-16(13)19/h3-10,17H,11-12H2,1-2H3,(H,20,21). The van der Waals surface area contributed by atoms with Gasteiger partial charge in [-0.25, -0.2) is 0 Å². The summed E-state index contributed by atoms with van der Waals surface area (Å²) in [6.45, 7) is 0.382. The van der Waals surface area contributed by atoms with E-state index in [1.165, 1.54) is 0 Å². The van der Waals surface area contributed by atoms with Crippen molar-refractivity contribution in [3.05, 3.63) is 64.7 Å². The van der Waals surface area contributed by atoms with Crippen LogP contribution in [-0.2, 0) is 16.0 Å². The molecule has 0 radical (unpaired) electrons. The first kappa shape index (κ1) is 17.3. The number of rotatable bonds is 7. The molecule has 0 bridgehead atoms. The van der Waals surface area contributed by atoms with Crippen molar-refractivity contribution in [2.24, 2.45) is 0 Å². The first-order valence-electron chi connectivity index (χ1n) is 7.31. The van der Waals surface area contributed by atoms with E-state index in [1.807, 2.05) is 42.5 Å². The Kier molecular flexibility index (Phi) is 6.44. The predicted molar refractivity (Wildman–Crippen MR) is 90.9 cm³/mol. The highest BCUT2D eigenvalue weighted by Crippen LogP contribution is 2.21. The van der Waals surface area contributed by atoms with Crippen LogP contribution < -0.4 is 10.1 Å². The van der Waals surface area contributed by atoms with Crippen molar-refractivity contribution in [3.8, 4) is 5.75 Å². The molecule has 0 aliphatic rings. The molecule has 23 heavy (non-hydrogen) atoms. The molecule has 5 heteroatoms. The average Bonchev–Trinajstić information content (AvgIpc) is 2.58. The maximum Gasteiger partial charge on any atom is 0.224 e. The topological polar surface area (TPSA) is 47.6 Å². The summed E-state index contributed by atoms with van der Waals surface area (Å²) in [5, 5.41) is 3.48. The Morgan fingerprint density at radius 1 is 1.17 bits per heavy atom. The summed E-state index contributed by atoms with van der Waals surface area (Å²) in [7, 11) is 3.23. The van der Waals surface area contributed by atoms with Gasteiger partial charge in [0, 0.05) is 18.7 Å². The number of amides is 1. The van der Waals surface area contributed by atoms with Crippen molar-refractivity contribution in [1.29, 1.82) is 0 Å². The van der Waals surface area contributed by atoms with E-state index in [1.54, 1.807) is 20.3 Å². The Morgan fingerprint density at radius 2 is 1.96 bits per heavy atom. The zero-order valence-electron chi connectivity index (χ0n) is 13.2. The quantitative estimate of drug-likeness (QED) is 0.844. The maximum absolute atomic E-state index is 12.1. The van der Waals surface area contributed by atoms with Crippen molar-refractivity contribution < 1.29 is 14.3 Å². The van der Waals surface area contributed by atoms with E-state index < -0.39 is 0 Å². The van der Waals surface area contributed by atoms with Crippen molar-refractivity contribution in [3.63, 3.8) is 0 Å². The molecule has 4 nitrogen and oxygen atoms in total. The van der Waals surface area contributed by atoms with Gasteiger partial charge in [-0.1, -0.05) is 41.9 Å². The number of benzene rings is 2. The molecular weight excluding hydrogens is 314 g/mol. The fraction of sp³-hybridized carbons (Fsp3) is 0.278. The Balaban J connectivity index is 1.94. The van der Waals surface area contributed by atoms with Crippen LogP contribution in [0.2, 0.25) is 5.02 Å². The minimum Gasteiger partial charge on any atom is -0.497 e. The van der Waals surface area contributed by atoms with Gasteiger partial charge in [-0.05, 0) is 29.3 Å². The summed E-state index contributed by atoms with van der Waals surface area (Å²) in [6.07, 6.45) is 0.00843. The molecule has 0 spiro atoms. The highest BCUT2D eigenvalue weighted by Gasteiger charge is 2.13. The Hall–Kier alpha value is -2.04. The molecule has 1 unspecified atom stereocenters. The molecule has 0 aromatic heterocycles. The lowest BCUT2D eigenvalue weighted by Gasteiger charge is -2.17. The van der Waals surface area contributed by atoms with Gasteiger partial charge < -0.3 is 14.8 Å². The molecule has 2 rings (SSSR count). The molecule has 2 aromatic carbocycles. The van der Waals surface area contributed by atoms with Crippen LogP contribution in [0, 0.1) is 0 Å². The normalized spacial score (nSPS) is 11.8. The monoisotopic (exact) mass is 333 g/mol. The van der Waals surface area contributed by atoms with Gasteiger partial charge >= 0.3 is 0 Å². The van der Waals surface area contributed by atoms with Crippen LogP contribution in [0.5, 0.6) is 5.75 Å². The number of carbonyl (C=O) groups excluding carboxylic acids is 1. The number of carbonyl (C=O) groups is 1. The summed E-state index contributed by atoms with van der Waals surface area (Å²) in [5.41, 5.74) is 1.76. The molecule has 1 amide bonds. The highest BCUT2D eigenvalue weighted by molar-refractivity contribution is 6.31. The van der Waals surface area contributed by atoms with Gasteiger partial charge in [0.25, 0.3) is 0 Å². The fourth-order valence-electron chi connectivity index (χ4n) is 2.26. The van der Waals surface area contributed by atoms with Crippen molar-refractivity contribution in [2.45, 2.75) is 12.5 Å². The van der Waals surface area contributed by atoms with E-state index in [9.17, 15) is 4.79 Å². The lowest BCUT2D eigenvalue weighted by atomic mass is 10.1. The highest BCUT2D eigenvalue weighted by atomic mass is 35.5. The van der Waals surface area contributed by atoms with E-state index in [4.69, 9.17) is 21.1 Å². The lowest BCUT2D eigenvalue weighted by Crippen LogP contribution is -2.30. The molecule has 2 aromatic rings. The minimum absolute atomic E-state index is 0.0944. The lowest BCUT2D eigenvalue weighted by molar-refractivity contribution is -0.121. The minimum atomic E-state index is -0.236. The first-order valence-corrected chi connectivity index (χ1v) is 7.68. The number of halogens is 1. The van der Waals surface area contributed by atoms with Crippen molar-refractivity contribution in [2.75, 3.05) is 20.8 Å². The Labute approximate surface area is 141 Å². The average molecular weight is 334 g/mol. The van der Waals surface area contributed by atoms with Crippen molar-refractivity contribution >= 4 is 17.5 Å². The van der Waals surface area contributed by atoms with Gasteiger partial charge in [0.2, 0.25) is 5.91 Å². The van der Waals surface area contributed by atoms with Gasteiger partial charge in [-0.15, -0.1) is 0 Å². The van der Waals surface area contributed by atoms with Gasteiger partial charge in [-0.2, -0.15) is 0 Å². The van der Waals surface area contributed by atoms with Crippen LogP contribution in [0.15, 0.2) is 48.5 Å². The third-order valence-electron chi connectivity index (χ3n) is 3.54. The van der Waals surface area contributed by atoms with Crippen molar-refractivity contribution in [1.82, 2.24) is 5.32 Å². The number of methoxy groups -OCH3 is 2. The molecular formula is C18H20ClNO3. The SMILES string of the molecule is COc1cccc(C(CNC(=O)Cc2ccccc2Cl)OC)c1. The third-order valence-corrected chi connectivity index (χ3v) is 3.91. The summed E-state index contributed by atoms with van der Waals surface area (Å²) < 4.78 is 10.7. The summed E-state index contributed by atoms with van der Waals surface area (Å²) in [5.74, 6) is 0.662. The second-order valence-electron chi connectivity index (χ2n) is 5.07. The van der Waals surface area contributed by atoms with Crippen LogP contribution in [0.1, 0.15) is 17.2 Å². The summed E-state index contributed by atoms with van der Waals surface area (Å²) in [4.78, 5) is 12.1. The molecule has 0 aliphatic carbocycles. The van der Waals surface area contributed by atoms with E-state index in [0.29, 0.717) is 11.6 Å². The molecule has 0 aliphatic heterocycles. The van der Waals surface area contributed by atoms with E-state index in [-0.39, 0.29) is 18.4 Å². The number of nitrogens with one attached hydrogen (secondary N) is 1. The fourth-order valence-corrected chi connectivity index (χ4v) is 2.47. The summed E-state index contributed by atoms with van der Waals surface area (Å²) >= 11 is 6.07. The summed E-state index contributed by atoms with van der Waals surface area (Å²) in [6, 6.07) is 14.9. The molecule has 0 heterocycles. The second kappa shape index (κ2) is 8.56. The van der Waals surface area contributed by atoms with Crippen LogP contribution in [0.3, 0.4) is 0 Å². The van der Waals surface area contributed by atoms with Gasteiger partial charge in [0.15, 0.2) is 0 Å². The van der Waals surface area contributed by atoms with Crippen LogP contribution >= 0.6 is 11.6 Å². The van der Waals surface area contributed by atoms with Crippen LogP contribution in [0.4, 0.5) is 0 Å². The van der Waals surface area contributed by atoms with Gasteiger partial charge in [0.05, 0.1) is 19.6 Å². The Bertz CT molecular complexity index is 660. The number of hydrogen-bond donors (Lipinski definition) is 1. The van der Waals surface area contributed by atoms with E-state index >= 15 is 0 Å². The van der Waals surface area contributed by atoms with Crippen LogP contribution in [-0.4, -0.2) is 26.7 Å². The molecule has 1 N–H and O–H groups in total. The first-order chi connectivity index (χ1) is 11.1. The van der Waals surface area contributed by atoms with Gasteiger partial charge in [0.1, 0.15) is 5.75 Å². The zero-order chi connectivity index (χ0) is 16.7. The van der Waals surface area contributed by atoms with Crippen LogP contribution in [0.25, 0.3) is 0 Å². The third kappa shape index (κ3) is 4.98. The molecule has 122 valence electrons. The molecule has 0 saturated heterocycles. The number of ether oxygens (including phenoxy) is 2. The molecule has 0 fully saturated rings. The van der Waals surface area contributed by atoms with Gasteiger partial charge in [-0.3, -0.25) is 4.79 Å². The maximum atomic E-state index is 12.1. The predicted octanol–water partition coefficient (Wildman–Crippen LogP) is 3.40. The number of hydrogen-bond acceptors (Lipinski definition) is 3. The van der Waals surface area contributed by atoms with E-state index in [2.05, 4.69) is 5.32 Å². The Morgan fingerprint density at radius 3 is 2.65 bits per heavy atom.